The van der Waals surface area contributed by atoms with E-state index in [1.54, 1.807) is 6.07 Å². The van der Waals surface area contributed by atoms with Crippen LogP contribution in [-0.4, -0.2) is 0 Å². The molecule has 0 heterocycles. The molecule has 2 aromatic rings. The summed E-state index contributed by atoms with van der Waals surface area (Å²) in [6.07, 6.45) is 0.576. The molecule has 0 radical (unpaired) electrons. The summed E-state index contributed by atoms with van der Waals surface area (Å²) in [6.45, 7) is 0. The molecule has 0 amide bonds. The van der Waals surface area contributed by atoms with Crippen molar-refractivity contribution < 1.29 is 8.78 Å². The maximum absolute atomic E-state index is 13.2. The van der Waals surface area contributed by atoms with Gasteiger partial charge in [0.2, 0.25) is 0 Å². The largest absolute Gasteiger partial charge is 0.204 e. The highest BCUT2D eigenvalue weighted by Gasteiger charge is 2.13. The van der Waals surface area contributed by atoms with Crippen molar-refractivity contribution in [2.75, 3.05) is 0 Å². The van der Waals surface area contributed by atoms with Gasteiger partial charge in [-0.15, -0.1) is 0 Å². The van der Waals surface area contributed by atoms with Crippen LogP contribution in [0.15, 0.2) is 45.3 Å². The van der Waals surface area contributed by atoms with Crippen molar-refractivity contribution in [2.45, 2.75) is 11.2 Å². The van der Waals surface area contributed by atoms with E-state index in [-0.39, 0.29) is 4.83 Å². The van der Waals surface area contributed by atoms with Gasteiger partial charge in [0.15, 0.2) is 11.6 Å². The fourth-order valence-electron chi connectivity index (χ4n) is 1.74. The molecular formula is C14H9Br3F2. The average molecular weight is 455 g/mol. The molecule has 1 atom stereocenters. The monoisotopic (exact) mass is 452 g/mol. The minimum Gasteiger partial charge on any atom is -0.204 e. The summed E-state index contributed by atoms with van der Waals surface area (Å²) >= 11 is 10.5. The van der Waals surface area contributed by atoms with E-state index in [1.807, 2.05) is 18.2 Å². The molecule has 0 spiro atoms. The first-order valence-corrected chi connectivity index (χ1v) is 8.00. The molecule has 1 unspecified atom stereocenters. The summed E-state index contributed by atoms with van der Waals surface area (Å²) in [5, 5.41) is 0. The number of hydrogen-bond donors (Lipinski definition) is 0. The Hall–Kier alpha value is -0.260. The van der Waals surface area contributed by atoms with Gasteiger partial charge in [-0.2, -0.15) is 0 Å². The normalized spacial score (nSPS) is 12.5. The van der Waals surface area contributed by atoms with Crippen LogP contribution in [0.3, 0.4) is 0 Å². The molecule has 0 aliphatic heterocycles. The summed E-state index contributed by atoms with van der Waals surface area (Å²) in [5.41, 5.74) is 1.80. The average Bonchev–Trinajstić information content (AvgIpc) is 2.36. The zero-order valence-electron chi connectivity index (χ0n) is 9.64. The SMILES string of the molecule is Fc1ccc(CC(Br)c2cc(Br)ccc2Br)cc1F. The van der Waals surface area contributed by atoms with Crippen LogP contribution in [-0.2, 0) is 6.42 Å². The number of alkyl halides is 1. The second kappa shape index (κ2) is 6.46. The van der Waals surface area contributed by atoms with E-state index in [2.05, 4.69) is 47.8 Å². The molecule has 19 heavy (non-hydrogen) atoms. The molecule has 0 fully saturated rings. The van der Waals surface area contributed by atoms with Gasteiger partial charge in [-0.3, -0.25) is 0 Å². The lowest BCUT2D eigenvalue weighted by atomic mass is 10.0. The number of hydrogen-bond acceptors (Lipinski definition) is 0. The molecule has 0 aromatic heterocycles. The van der Waals surface area contributed by atoms with Gasteiger partial charge in [-0.25, -0.2) is 8.78 Å². The lowest BCUT2D eigenvalue weighted by molar-refractivity contribution is 0.507. The highest BCUT2D eigenvalue weighted by Crippen LogP contribution is 2.34. The predicted octanol–water partition coefficient (Wildman–Crippen LogP) is 6.17. The van der Waals surface area contributed by atoms with Crippen molar-refractivity contribution in [3.05, 3.63) is 68.1 Å². The maximum atomic E-state index is 13.2. The van der Waals surface area contributed by atoms with Crippen molar-refractivity contribution in [2.24, 2.45) is 0 Å². The topological polar surface area (TPSA) is 0 Å². The van der Waals surface area contributed by atoms with E-state index in [1.165, 1.54) is 6.07 Å². The lowest BCUT2D eigenvalue weighted by Crippen LogP contribution is -1.98. The highest BCUT2D eigenvalue weighted by atomic mass is 79.9. The second-order valence-electron chi connectivity index (χ2n) is 4.09. The van der Waals surface area contributed by atoms with E-state index in [0.29, 0.717) is 6.42 Å². The molecular weight excluding hydrogens is 446 g/mol. The fourth-order valence-corrected chi connectivity index (χ4v) is 3.70. The van der Waals surface area contributed by atoms with Gasteiger partial charge in [0, 0.05) is 13.8 Å². The Morgan fingerprint density at radius 1 is 0.947 bits per heavy atom. The van der Waals surface area contributed by atoms with Crippen molar-refractivity contribution in [1.82, 2.24) is 0 Å². The Morgan fingerprint density at radius 3 is 2.37 bits per heavy atom. The maximum Gasteiger partial charge on any atom is 0.159 e. The third kappa shape index (κ3) is 3.86. The van der Waals surface area contributed by atoms with E-state index in [4.69, 9.17) is 0 Å². The predicted molar refractivity (Wildman–Crippen MR) is 83.6 cm³/mol. The number of halogens is 5. The van der Waals surface area contributed by atoms with Gasteiger partial charge in [-0.05, 0) is 47.9 Å². The van der Waals surface area contributed by atoms with E-state index in [9.17, 15) is 8.78 Å². The first-order valence-electron chi connectivity index (χ1n) is 5.50. The van der Waals surface area contributed by atoms with Gasteiger partial charge in [0.1, 0.15) is 0 Å². The minimum absolute atomic E-state index is 0.0178. The van der Waals surface area contributed by atoms with Gasteiger partial charge in [0.25, 0.3) is 0 Å². The van der Waals surface area contributed by atoms with Crippen molar-refractivity contribution in [3.8, 4) is 0 Å². The van der Waals surface area contributed by atoms with E-state index in [0.717, 1.165) is 26.1 Å². The van der Waals surface area contributed by atoms with E-state index < -0.39 is 11.6 Å². The fraction of sp³-hybridized carbons (Fsp3) is 0.143. The highest BCUT2D eigenvalue weighted by molar-refractivity contribution is 9.11. The third-order valence-corrected chi connectivity index (χ3v) is 4.73. The standard InChI is InChI=1S/C14H9Br3F2/c15-9-2-3-11(16)10(7-9)12(17)5-8-1-4-13(18)14(19)6-8/h1-4,6-7,12H,5H2. The molecule has 0 N–H and O–H groups in total. The summed E-state index contributed by atoms with van der Waals surface area (Å²) in [6, 6.07) is 9.85. The first-order chi connectivity index (χ1) is 8.97. The van der Waals surface area contributed by atoms with Gasteiger partial charge in [-0.1, -0.05) is 53.9 Å². The van der Waals surface area contributed by atoms with Crippen LogP contribution < -0.4 is 0 Å². The Labute approximate surface area is 135 Å². The van der Waals surface area contributed by atoms with Crippen LogP contribution in [0.5, 0.6) is 0 Å². The Kier molecular flexibility index (Phi) is 5.15. The van der Waals surface area contributed by atoms with Crippen LogP contribution in [0.1, 0.15) is 16.0 Å². The molecule has 0 saturated heterocycles. The molecule has 0 saturated carbocycles. The van der Waals surface area contributed by atoms with Crippen molar-refractivity contribution in [3.63, 3.8) is 0 Å². The Morgan fingerprint density at radius 2 is 1.68 bits per heavy atom. The van der Waals surface area contributed by atoms with Crippen LogP contribution in [0, 0.1) is 11.6 Å². The molecule has 5 heteroatoms. The van der Waals surface area contributed by atoms with Crippen molar-refractivity contribution >= 4 is 47.8 Å². The molecule has 100 valence electrons. The molecule has 0 nitrogen and oxygen atoms in total. The minimum atomic E-state index is -0.821. The summed E-state index contributed by atoms with van der Waals surface area (Å²) in [7, 11) is 0. The summed E-state index contributed by atoms with van der Waals surface area (Å²) in [5.74, 6) is -1.64. The summed E-state index contributed by atoms with van der Waals surface area (Å²) < 4.78 is 28.0. The van der Waals surface area contributed by atoms with Crippen LogP contribution >= 0.6 is 47.8 Å². The smallest absolute Gasteiger partial charge is 0.159 e. The second-order valence-corrected chi connectivity index (χ2v) is 6.96. The van der Waals surface area contributed by atoms with Gasteiger partial charge < -0.3 is 0 Å². The molecule has 2 aromatic carbocycles. The first kappa shape index (κ1) is 15.1. The van der Waals surface area contributed by atoms with Crippen molar-refractivity contribution in [1.29, 1.82) is 0 Å². The Balaban J connectivity index is 2.22. The third-order valence-electron chi connectivity index (χ3n) is 2.69. The number of rotatable bonds is 3. The molecule has 2 rings (SSSR count). The van der Waals surface area contributed by atoms with Crippen LogP contribution in [0.25, 0.3) is 0 Å². The molecule has 0 aliphatic carbocycles. The lowest BCUT2D eigenvalue weighted by Gasteiger charge is -2.13. The summed E-state index contributed by atoms with van der Waals surface area (Å²) in [4.78, 5) is 0.0178. The van der Waals surface area contributed by atoms with Crippen LogP contribution in [0.4, 0.5) is 8.78 Å². The quantitative estimate of drug-likeness (QED) is 0.486. The van der Waals surface area contributed by atoms with Gasteiger partial charge in [0.05, 0.1) is 0 Å². The van der Waals surface area contributed by atoms with Crippen LogP contribution in [0.2, 0.25) is 0 Å². The molecule has 0 bridgehead atoms. The Bertz CT molecular complexity index is 599. The molecule has 0 aliphatic rings. The zero-order valence-corrected chi connectivity index (χ0v) is 14.4. The van der Waals surface area contributed by atoms with Gasteiger partial charge >= 0.3 is 0 Å². The van der Waals surface area contributed by atoms with E-state index >= 15 is 0 Å². The zero-order chi connectivity index (χ0) is 14.0. The number of benzene rings is 2.